The van der Waals surface area contributed by atoms with Gasteiger partial charge in [0.15, 0.2) is 5.11 Å². The number of pyridine rings is 1. The highest BCUT2D eigenvalue weighted by molar-refractivity contribution is 9.10. The van der Waals surface area contributed by atoms with E-state index in [1.807, 2.05) is 34.5 Å². The van der Waals surface area contributed by atoms with Gasteiger partial charge in [-0.05, 0) is 64.5 Å². The number of amides is 1. The van der Waals surface area contributed by atoms with Gasteiger partial charge >= 0.3 is 0 Å². The highest BCUT2D eigenvalue weighted by Gasteiger charge is 2.41. The predicted molar refractivity (Wildman–Crippen MR) is 132 cm³/mol. The van der Waals surface area contributed by atoms with E-state index in [1.165, 1.54) is 7.11 Å². The first kappa shape index (κ1) is 22.2. The van der Waals surface area contributed by atoms with Gasteiger partial charge < -0.3 is 20.3 Å². The van der Waals surface area contributed by atoms with Gasteiger partial charge in [0, 0.05) is 33.7 Å². The highest BCUT2D eigenvalue weighted by atomic mass is 79.9. The van der Waals surface area contributed by atoms with E-state index in [9.17, 15) is 4.79 Å². The normalized spacial score (nSPS) is 18.2. The van der Waals surface area contributed by atoms with Crippen molar-refractivity contribution in [1.29, 1.82) is 0 Å². The lowest BCUT2D eigenvalue weighted by Crippen LogP contribution is -2.29. The zero-order valence-electron chi connectivity index (χ0n) is 16.3. The molecule has 2 N–H and O–H groups in total. The molecule has 31 heavy (non-hydrogen) atoms. The minimum Gasteiger partial charge on any atom is -0.375 e. The average molecular weight is 538 g/mol. The molecule has 160 valence electrons. The maximum atomic E-state index is 11.9. The lowest BCUT2D eigenvalue weighted by atomic mass is 10.0. The fraction of sp³-hybridized carbons (Fsp3) is 0.190. The Hall–Kier alpha value is -2.04. The van der Waals surface area contributed by atoms with Crippen LogP contribution in [-0.2, 0) is 9.53 Å². The summed E-state index contributed by atoms with van der Waals surface area (Å²) in [6.45, 7) is -0.0424. The molecule has 0 radical (unpaired) electrons. The van der Waals surface area contributed by atoms with Crippen LogP contribution in [0.4, 0.5) is 11.4 Å². The molecule has 10 heteroatoms. The first-order valence-electron chi connectivity index (χ1n) is 9.31. The van der Waals surface area contributed by atoms with Crippen molar-refractivity contribution in [2.75, 3.05) is 23.9 Å². The number of carbonyl (C=O) groups is 1. The van der Waals surface area contributed by atoms with Crippen LogP contribution in [0.5, 0.6) is 0 Å². The van der Waals surface area contributed by atoms with Crippen LogP contribution >= 0.6 is 51.1 Å². The van der Waals surface area contributed by atoms with Crippen LogP contribution < -0.4 is 15.5 Å². The molecule has 1 aromatic carbocycles. The SMILES string of the molecule is COCC(=O)Nc1ccc(N2C(=S)N[C@@H](c3ccccn3)[C@@H]2c2cc(Br)cs2)cc1Cl. The minimum atomic E-state index is -0.271. The van der Waals surface area contributed by atoms with E-state index in [2.05, 4.69) is 37.6 Å². The van der Waals surface area contributed by atoms with Crippen LogP contribution in [0.3, 0.4) is 0 Å². The molecular formula is C21H18BrClN4O2S2. The summed E-state index contributed by atoms with van der Waals surface area (Å²) >= 11 is 17.4. The van der Waals surface area contributed by atoms with Gasteiger partial charge in [0.1, 0.15) is 6.61 Å². The van der Waals surface area contributed by atoms with Crippen molar-refractivity contribution in [2.24, 2.45) is 0 Å². The van der Waals surface area contributed by atoms with Crippen molar-refractivity contribution in [3.8, 4) is 0 Å². The Labute approximate surface area is 202 Å². The molecule has 0 saturated carbocycles. The molecule has 0 unspecified atom stereocenters. The number of halogens is 2. The van der Waals surface area contributed by atoms with Crippen molar-refractivity contribution in [3.63, 3.8) is 0 Å². The summed E-state index contributed by atoms with van der Waals surface area (Å²) in [5, 5.41) is 9.20. The fourth-order valence-corrected chi connectivity index (χ4v) is 5.62. The number of thiocarbonyl (C=S) groups is 1. The largest absolute Gasteiger partial charge is 0.375 e. The molecule has 0 bridgehead atoms. The van der Waals surface area contributed by atoms with Crippen molar-refractivity contribution in [2.45, 2.75) is 12.1 Å². The molecule has 2 atom stereocenters. The second-order valence-corrected chi connectivity index (χ2v) is 9.46. The standard InChI is InChI=1S/C21H18BrClN4O2S2/c1-29-10-18(28)25-15-6-5-13(9-14(15)23)27-20(17-8-12(22)11-31-17)19(26-21(27)30)16-4-2-3-7-24-16/h2-9,11,19-20H,10H2,1H3,(H,25,28)(H,26,30)/t19-,20-/m0/s1. The number of hydrogen-bond donors (Lipinski definition) is 2. The fourth-order valence-electron chi connectivity index (χ4n) is 3.48. The number of methoxy groups -OCH3 is 1. The topological polar surface area (TPSA) is 66.5 Å². The number of aromatic nitrogens is 1. The van der Waals surface area contributed by atoms with Gasteiger partial charge in [0.05, 0.1) is 28.5 Å². The Balaban J connectivity index is 1.71. The molecule has 1 aliphatic rings. The minimum absolute atomic E-state index is 0.0424. The van der Waals surface area contributed by atoms with E-state index in [-0.39, 0.29) is 24.6 Å². The molecule has 1 aliphatic heterocycles. The van der Waals surface area contributed by atoms with Crippen molar-refractivity contribution in [3.05, 3.63) is 74.1 Å². The van der Waals surface area contributed by atoms with E-state index in [0.29, 0.717) is 15.8 Å². The second kappa shape index (κ2) is 9.62. The third kappa shape index (κ3) is 4.75. The van der Waals surface area contributed by atoms with E-state index in [4.69, 9.17) is 28.6 Å². The number of carbonyl (C=O) groups excluding carboxylic acids is 1. The van der Waals surface area contributed by atoms with E-state index in [1.54, 1.807) is 29.7 Å². The molecule has 4 rings (SSSR count). The molecule has 1 amide bonds. The summed E-state index contributed by atoms with van der Waals surface area (Å²) in [4.78, 5) is 19.6. The first-order chi connectivity index (χ1) is 15.0. The zero-order valence-corrected chi connectivity index (χ0v) is 20.3. The number of thiophene rings is 1. The lowest BCUT2D eigenvalue weighted by Gasteiger charge is -2.27. The molecule has 3 heterocycles. The van der Waals surface area contributed by atoms with Gasteiger partial charge in [-0.1, -0.05) is 17.7 Å². The monoisotopic (exact) mass is 536 g/mol. The van der Waals surface area contributed by atoms with Crippen LogP contribution in [0.2, 0.25) is 5.02 Å². The van der Waals surface area contributed by atoms with E-state index < -0.39 is 0 Å². The molecule has 1 fully saturated rings. The number of rotatable bonds is 6. The molecule has 2 aromatic heterocycles. The van der Waals surface area contributed by atoms with Crippen molar-refractivity contribution < 1.29 is 9.53 Å². The molecule has 0 spiro atoms. The van der Waals surface area contributed by atoms with Crippen LogP contribution in [0.25, 0.3) is 0 Å². The predicted octanol–water partition coefficient (Wildman–Crippen LogP) is 5.32. The number of hydrogen-bond acceptors (Lipinski definition) is 5. The Kier molecular flexibility index (Phi) is 6.88. The molecule has 6 nitrogen and oxygen atoms in total. The Morgan fingerprint density at radius 2 is 2.23 bits per heavy atom. The molecular weight excluding hydrogens is 520 g/mol. The Morgan fingerprint density at radius 3 is 2.87 bits per heavy atom. The summed E-state index contributed by atoms with van der Waals surface area (Å²) in [5.74, 6) is -0.271. The Bertz CT molecular complexity index is 1110. The third-order valence-electron chi connectivity index (χ3n) is 4.76. The summed E-state index contributed by atoms with van der Waals surface area (Å²) < 4.78 is 5.87. The van der Waals surface area contributed by atoms with Gasteiger partial charge in [0.25, 0.3) is 0 Å². The van der Waals surface area contributed by atoms with Crippen LogP contribution in [-0.4, -0.2) is 29.7 Å². The van der Waals surface area contributed by atoms with Crippen LogP contribution in [0, 0.1) is 0 Å². The van der Waals surface area contributed by atoms with Gasteiger partial charge in [-0.25, -0.2) is 0 Å². The van der Waals surface area contributed by atoms with E-state index >= 15 is 0 Å². The van der Waals surface area contributed by atoms with Gasteiger partial charge in [-0.15, -0.1) is 11.3 Å². The first-order valence-corrected chi connectivity index (χ1v) is 11.8. The lowest BCUT2D eigenvalue weighted by molar-refractivity contribution is -0.119. The zero-order chi connectivity index (χ0) is 22.0. The number of nitrogens with one attached hydrogen (secondary N) is 2. The Morgan fingerprint density at radius 1 is 1.39 bits per heavy atom. The van der Waals surface area contributed by atoms with Crippen molar-refractivity contribution >= 4 is 73.5 Å². The number of benzene rings is 1. The third-order valence-corrected chi connectivity index (χ3v) is 7.15. The number of nitrogens with zero attached hydrogens (tertiary/aromatic N) is 2. The summed E-state index contributed by atoms with van der Waals surface area (Å²) in [6, 6.07) is 13.2. The smallest absolute Gasteiger partial charge is 0.250 e. The molecule has 3 aromatic rings. The quantitative estimate of drug-likeness (QED) is 0.415. The highest BCUT2D eigenvalue weighted by Crippen LogP contribution is 2.45. The summed E-state index contributed by atoms with van der Waals surface area (Å²) in [6.07, 6.45) is 1.78. The van der Waals surface area contributed by atoms with Crippen LogP contribution in [0.1, 0.15) is 22.7 Å². The molecule has 0 aliphatic carbocycles. The van der Waals surface area contributed by atoms with E-state index in [0.717, 1.165) is 20.7 Å². The average Bonchev–Trinajstić information content (AvgIpc) is 3.33. The summed E-state index contributed by atoms with van der Waals surface area (Å²) in [5.41, 5.74) is 2.24. The maximum absolute atomic E-state index is 11.9. The number of anilines is 2. The molecule has 1 saturated heterocycles. The van der Waals surface area contributed by atoms with Gasteiger partial charge in [-0.3, -0.25) is 9.78 Å². The number of ether oxygens (including phenoxy) is 1. The van der Waals surface area contributed by atoms with Gasteiger partial charge in [0.2, 0.25) is 5.91 Å². The second-order valence-electron chi connectivity index (χ2n) is 6.81. The van der Waals surface area contributed by atoms with Crippen LogP contribution in [0.15, 0.2) is 58.5 Å². The van der Waals surface area contributed by atoms with Gasteiger partial charge in [-0.2, -0.15) is 0 Å². The summed E-state index contributed by atoms with van der Waals surface area (Å²) in [7, 11) is 1.46. The maximum Gasteiger partial charge on any atom is 0.250 e. The van der Waals surface area contributed by atoms with Crippen molar-refractivity contribution in [1.82, 2.24) is 10.3 Å².